The van der Waals surface area contributed by atoms with Crippen LogP contribution in [0.1, 0.15) is 24.8 Å². The van der Waals surface area contributed by atoms with Crippen LogP contribution >= 0.6 is 0 Å². The van der Waals surface area contributed by atoms with Crippen molar-refractivity contribution in [2.45, 2.75) is 32.3 Å². The summed E-state index contributed by atoms with van der Waals surface area (Å²) in [5.74, 6) is 0.808. The number of aliphatic hydroxyl groups is 1. The first-order valence-electron chi connectivity index (χ1n) is 7.10. The van der Waals surface area contributed by atoms with Crippen LogP contribution in [0.3, 0.4) is 0 Å². The molecule has 2 N–H and O–H groups in total. The Bertz CT molecular complexity index is 361. The lowest BCUT2D eigenvalue weighted by Gasteiger charge is -2.28. The lowest BCUT2D eigenvalue weighted by atomic mass is 10.2. The van der Waals surface area contributed by atoms with E-state index in [0.717, 1.165) is 18.8 Å². The monoisotopic (exact) mass is 264 g/mol. The van der Waals surface area contributed by atoms with Gasteiger partial charge in [-0.05, 0) is 31.9 Å². The van der Waals surface area contributed by atoms with E-state index in [9.17, 15) is 5.11 Å². The average Bonchev–Trinajstić information content (AvgIpc) is 2.45. The number of hydrogen-bond donors (Lipinski definition) is 2. The van der Waals surface area contributed by atoms with Crippen molar-refractivity contribution in [1.82, 2.24) is 10.4 Å². The van der Waals surface area contributed by atoms with E-state index >= 15 is 0 Å². The second kappa shape index (κ2) is 7.48. The molecule has 2 rings (SSSR count). The number of nitrogens with one attached hydrogen (secondary N) is 1. The van der Waals surface area contributed by atoms with Gasteiger partial charge >= 0.3 is 0 Å². The highest BCUT2D eigenvalue weighted by molar-refractivity contribution is 5.26. The van der Waals surface area contributed by atoms with Gasteiger partial charge in [0.15, 0.2) is 0 Å². The Hall–Kier alpha value is -1.10. The van der Waals surface area contributed by atoms with Crippen LogP contribution in [0.2, 0.25) is 0 Å². The Morgan fingerprint density at radius 3 is 2.58 bits per heavy atom. The molecule has 0 radical (unpaired) electrons. The average molecular weight is 264 g/mol. The van der Waals surface area contributed by atoms with Crippen LogP contribution in [-0.2, 0) is 0 Å². The van der Waals surface area contributed by atoms with Crippen molar-refractivity contribution in [1.29, 1.82) is 0 Å². The van der Waals surface area contributed by atoms with Gasteiger partial charge in [-0.15, -0.1) is 0 Å². The SMILES string of the molecule is Cc1ccc(OCC(O)CNN2CCCCC2)cc1. The van der Waals surface area contributed by atoms with Crippen molar-refractivity contribution in [2.75, 3.05) is 26.2 Å². The normalized spacial score (nSPS) is 18.2. The molecule has 1 saturated heterocycles. The van der Waals surface area contributed by atoms with E-state index in [1.807, 2.05) is 31.2 Å². The number of rotatable bonds is 6. The molecule has 0 saturated carbocycles. The number of benzene rings is 1. The minimum atomic E-state index is -0.483. The van der Waals surface area contributed by atoms with Gasteiger partial charge in [0, 0.05) is 19.6 Å². The molecule has 1 aliphatic heterocycles. The molecule has 1 fully saturated rings. The molecule has 0 spiro atoms. The largest absolute Gasteiger partial charge is 0.491 e. The van der Waals surface area contributed by atoms with Crippen molar-refractivity contribution >= 4 is 0 Å². The van der Waals surface area contributed by atoms with Crippen LogP contribution in [0, 0.1) is 6.92 Å². The standard InChI is InChI=1S/C15H24N2O2/c1-13-5-7-15(8-6-13)19-12-14(18)11-16-17-9-3-2-4-10-17/h5-8,14,16,18H,2-4,9-12H2,1H3. The minimum absolute atomic E-state index is 0.323. The molecule has 1 heterocycles. The van der Waals surface area contributed by atoms with Crippen LogP contribution in [0.5, 0.6) is 5.75 Å². The summed E-state index contributed by atoms with van der Waals surface area (Å²) in [7, 11) is 0. The van der Waals surface area contributed by atoms with Crippen molar-refractivity contribution < 1.29 is 9.84 Å². The number of aryl methyl sites for hydroxylation is 1. The van der Waals surface area contributed by atoms with Crippen molar-refractivity contribution in [3.05, 3.63) is 29.8 Å². The zero-order chi connectivity index (χ0) is 13.5. The van der Waals surface area contributed by atoms with Crippen LogP contribution in [-0.4, -0.2) is 42.5 Å². The van der Waals surface area contributed by atoms with E-state index in [1.54, 1.807) is 0 Å². The third kappa shape index (κ3) is 5.19. The highest BCUT2D eigenvalue weighted by atomic mass is 16.5. The van der Waals surface area contributed by atoms with Gasteiger partial charge in [0.2, 0.25) is 0 Å². The van der Waals surface area contributed by atoms with Gasteiger partial charge in [-0.1, -0.05) is 24.1 Å². The van der Waals surface area contributed by atoms with Crippen LogP contribution in [0.25, 0.3) is 0 Å². The third-order valence-electron chi connectivity index (χ3n) is 3.37. The Balaban J connectivity index is 1.63. The third-order valence-corrected chi connectivity index (χ3v) is 3.37. The molecular formula is C15H24N2O2. The summed E-state index contributed by atoms with van der Waals surface area (Å²) in [5, 5.41) is 12.1. The molecule has 1 unspecified atom stereocenters. The molecule has 1 atom stereocenters. The topological polar surface area (TPSA) is 44.7 Å². The molecule has 0 amide bonds. The fourth-order valence-corrected chi connectivity index (χ4v) is 2.17. The number of hydrazine groups is 1. The van der Waals surface area contributed by atoms with E-state index in [-0.39, 0.29) is 0 Å². The summed E-state index contributed by atoms with van der Waals surface area (Å²) >= 11 is 0. The van der Waals surface area contributed by atoms with E-state index in [1.165, 1.54) is 24.8 Å². The highest BCUT2D eigenvalue weighted by Gasteiger charge is 2.11. The Labute approximate surface area is 115 Å². The second-order valence-corrected chi connectivity index (χ2v) is 5.19. The molecule has 4 heteroatoms. The molecule has 1 aliphatic rings. The maximum Gasteiger partial charge on any atom is 0.119 e. The number of nitrogens with zero attached hydrogens (tertiary/aromatic N) is 1. The molecule has 1 aromatic rings. The first-order valence-corrected chi connectivity index (χ1v) is 7.10. The molecule has 4 nitrogen and oxygen atoms in total. The van der Waals surface area contributed by atoms with Crippen LogP contribution in [0.15, 0.2) is 24.3 Å². The summed E-state index contributed by atoms with van der Waals surface area (Å²) < 4.78 is 5.55. The number of aliphatic hydroxyl groups excluding tert-OH is 1. The lowest BCUT2D eigenvalue weighted by molar-refractivity contribution is 0.0684. The Morgan fingerprint density at radius 1 is 1.21 bits per heavy atom. The summed E-state index contributed by atoms with van der Waals surface area (Å²) in [4.78, 5) is 0. The summed E-state index contributed by atoms with van der Waals surface area (Å²) in [6.07, 6.45) is 3.31. The zero-order valence-corrected chi connectivity index (χ0v) is 11.6. The van der Waals surface area contributed by atoms with E-state index < -0.39 is 6.10 Å². The van der Waals surface area contributed by atoms with Crippen molar-refractivity contribution in [3.63, 3.8) is 0 Å². The summed E-state index contributed by atoms with van der Waals surface area (Å²) in [6.45, 7) is 5.06. The van der Waals surface area contributed by atoms with E-state index in [2.05, 4.69) is 10.4 Å². The van der Waals surface area contributed by atoms with Gasteiger partial charge in [0.1, 0.15) is 18.5 Å². The van der Waals surface area contributed by atoms with Gasteiger partial charge in [0.05, 0.1) is 0 Å². The fourth-order valence-electron chi connectivity index (χ4n) is 2.17. The van der Waals surface area contributed by atoms with E-state index in [4.69, 9.17) is 4.74 Å². The predicted molar refractivity (Wildman–Crippen MR) is 76.1 cm³/mol. The van der Waals surface area contributed by atoms with Gasteiger partial charge < -0.3 is 9.84 Å². The zero-order valence-electron chi connectivity index (χ0n) is 11.6. The van der Waals surface area contributed by atoms with Crippen LogP contribution in [0.4, 0.5) is 0 Å². The molecule has 0 aliphatic carbocycles. The summed E-state index contributed by atoms with van der Waals surface area (Å²) in [6, 6.07) is 7.88. The van der Waals surface area contributed by atoms with Gasteiger partial charge in [0.25, 0.3) is 0 Å². The first kappa shape index (κ1) is 14.3. The van der Waals surface area contributed by atoms with E-state index in [0.29, 0.717) is 13.2 Å². The number of piperidine rings is 1. The van der Waals surface area contributed by atoms with Crippen molar-refractivity contribution in [2.24, 2.45) is 0 Å². The molecule has 19 heavy (non-hydrogen) atoms. The highest BCUT2D eigenvalue weighted by Crippen LogP contribution is 2.11. The maximum atomic E-state index is 9.88. The molecule has 0 bridgehead atoms. The summed E-state index contributed by atoms with van der Waals surface area (Å²) in [5.41, 5.74) is 4.48. The Morgan fingerprint density at radius 2 is 1.89 bits per heavy atom. The first-order chi connectivity index (χ1) is 9.24. The fraction of sp³-hybridized carbons (Fsp3) is 0.600. The quantitative estimate of drug-likeness (QED) is 0.821. The predicted octanol–water partition coefficient (Wildman–Crippen LogP) is 1.73. The number of hydrogen-bond acceptors (Lipinski definition) is 4. The molecule has 106 valence electrons. The lowest BCUT2D eigenvalue weighted by Crippen LogP contribution is -2.46. The smallest absolute Gasteiger partial charge is 0.119 e. The Kier molecular flexibility index (Phi) is 5.63. The maximum absolute atomic E-state index is 9.88. The minimum Gasteiger partial charge on any atom is -0.491 e. The van der Waals surface area contributed by atoms with Gasteiger partial charge in [-0.25, -0.2) is 5.01 Å². The van der Waals surface area contributed by atoms with Gasteiger partial charge in [-0.3, -0.25) is 5.43 Å². The molecule has 0 aromatic heterocycles. The van der Waals surface area contributed by atoms with Gasteiger partial charge in [-0.2, -0.15) is 0 Å². The molecule has 1 aromatic carbocycles. The van der Waals surface area contributed by atoms with Crippen LogP contribution < -0.4 is 10.2 Å². The number of ether oxygens (including phenoxy) is 1. The second-order valence-electron chi connectivity index (χ2n) is 5.19. The molecular weight excluding hydrogens is 240 g/mol. The van der Waals surface area contributed by atoms with Crippen molar-refractivity contribution in [3.8, 4) is 5.75 Å².